The number of hydrogen-bond acceptors (Lipinski definition) is 4. The Balaban J connectivity index is 1.48. The Morgan fingerprint density at radius 3 is 2.40 bits per heavy atom. The molecule has 2 aromatic carbocycles. The van der Waals surface area contributed by atoms with Gasteiger partial charge in [-0.1, -0.05) is 24.6 Å². The first-order valence-corrected chi connectivity index (χ1v) is 10.8. The van der Waals surface area contributed by atoms with Gasteiger partial charge in [0, 0.05) is 44.6 Å². The van der Waals surface area contributed by atoms with E-state index in [1.165, 1.54) is 16.8 Å². The van der Waals surface area contributed by atoms with Crippen LogP contribution in [-0.4, -0.2) is 68.8 Å². The molecule has 1 saturated heterocycles. The maximum atomic E-state index is 12.5. The molecule has 0 saturated carbocycles. The third-order valence-corrected chi connectivity index (χ3v) is 5.67. The number of benzene rings is 2. The first-order chi connectivity index (χ1) is 14.5. The Hall–Kier alpha value is -2.73. The molecule has 1 N–H and O–H groups in total. The monoisotopic (exact) mass is 410 g/mol. The van der Waals surface area contributed by atoms with E-state index < -0.39 is 0 Å². The van der Waals surface area contributed by atoms with Gasteiger partial charge in [0.25, 0.3) is 0 Å². The topological polar surface area (TPSA) is 48.0 Å². The summed E-state index contributed by atoms with van der Waals surface area (Å²) in [5.41, 5.74) is 4.45. The highest BCUT2D eigenvalue weighted by Gasteiger charge is 2.17. The molecule has 0 atom stereocenters. The lowest BCUT2D eigenvalue weighted by molar-refractivity contribution is 0.207. The minimum Gasteiger partial charge on any atom is -0.492 e. The van der Waals surface area contributed by atoms with Crippen LogP contribution in [0, 0.1) is 13.8 Å². The summed E-state index contributed by atoms with van der Waals surface area (Å²) in [6.07, 6.45) is 0. The van der Waals surface area contributed by atoms with Crippen molar-refractivity contribution in [3.63, 3.8) is 0 Å². The van der Waals surface area contributed by atoms with E-state index in [4.69, 9.17) is 4.74 Å². The van der Waals surface area contributed by atoms with Crippen molar-refractivity contribution < 1.29 is 9.53 Å². The van der Waals surface area contributed by atoms with Crippen molar-refractivity contribution in [1.29, 1.82) is 0 Å². The number of amides is 2. The van der Waals surface area contributed by atoms with E-state index in [1.807, 2.05) is 37.3 Å². The molecule has 3 rings (SSSR count). The molecule has 6 heteroatoms. The summed E-state index contributed by atoms with van der Waals surface area (Å²) in [4.78, 5) is 19.1. The number of rotatable bonds is 7. The summed E-state index contributed by atoms with van der Waals surface area (Å²) in [5, 5.41) is 2.99. The summed E-state index contributed by atoms with van der Waals surface area (Å²) in [5.74, 6) is 0.820. The maximum absolute atomic E-state index is 12.5. The standard InChI is InChI=1S/C24H34N4O2/c1-5-27-12-14-28(15-13-27)23-11-8-21(18-20(23)3)25-24(29)26(4)16-17-30-22-9-6-19(2)7-10-22/h6-11,18H,5,12-17H2,1-4H3,(H,25,29). The molecular weight excluding hydrogens is 376 g/mol. The lowest BCUT2D eigenvalue weighted by Crippen LogP contribution is -2.46. The number of anilines is 2. The average molecular weight is 411 g/mol. The number of nitrogens with zero attached hydrogens (tertiary/aromatic N) is 3. The lowest BCUT2D eigenvalue weighted by atomic mass is 10.1. The predicted octanol–water partition coefficient (Wildman–Crippen LogP) is 3.99. The molecule has 162 valence electrons. The van der Waals surface area contributed by atoms with E-state index in [0.717, 1.165) is 44.2 Å². The van der Waals surface area contributed by atoms with Crippen LogP contribution in [0.25, 0.3) is 0 Å². The largest absolute Gasteiger partial charge is 0.492 e. The summed E-state index contributed by atoms with van der Waals surface area (Å²) >= 11 is 0. The molecule has 1 fully saturated rings. The average Bonchev–Trinajstić information content (AvgIpc) is 2.75. The van der Waals surface area contributed by atoms with Crippen molar-refractivity contribution in [2.45, 2.75) is 20.8 Å². The quantitative estimate of drug-likeness (QED) is 0.750. The number of nitrogens with one attached hydrogen (secondary N) is 1. The van der Waals surface area contributed by atoms with Crippen molar-refractivity contribution in [2.24, 2.45) is 0 Å². The second kappa shape index (κ2) is 10.3. The Labute approximate surface area is 180 Å². The van der Waals surface area contributed by atoms with Crippen molar-refractivity contribution in [3.8, 4) is 5.75 Å². The molecular formula is C24H34N4O2. The Kier molecular flexibility index (Phi) is 7.57. The molecule has 0 aromatic heterocycles. The van der Waals surface area contributed by atoms with E-state index in [1.54, 1.807) is 11.9 Å². The molecule has 1 aliphatic rings. The SMILES string of the molecule is CCN1CCN(c2ccc(NC(=O)N(C)CCOc3ccc(C)cc3)cc2C)CC1. The minimum atomic E-state index is -0.133. The first kappa shape index (κ1) is 22.0. The van der Waals surface area contributed by atoms with E-state index >= 15 is 0 Å². The Morgan fingerprint density at radius 2 is 1.77 bits per heavy atom. The van der Waals surface area contributed by atoms with E-state index in [9.17, 15) is 4.79 Å². The Bertz CT molecular complexity index is 830. The number of piperazine rings is 1. The van der Waals surface area contributed by atoms with E-state index in [0.29, 0.717) is 13.2 Å². The van der Waals surface area contributed by atoms with Gasteiger partial charge in [-0.25, -0.2) is 4.79 Å². The van der Waals surface area contributed by atoms with Crippen molar-refractivity contribution >= 4 is 17.4 Å². The van der Waals surface area contributed by atoms with Gasteiger partial charge in [-0.15, -0.1) is 0 Å². The highest BCUT2D eigenvalue weighted by Crippen LogP contribution is 2.25. The fourth-order valence-corrected chi connectivity index (χ4v) is 3.65. The molecule has 0 aliphatic carbocycles. The molecule has 0 spiro atoms. The minimum absolute atomic E-state index is 0.133. The Morgan fingerprint density at radius 1 is 1.07 bits per heavy atom. The van der Waals surface area contributed by atoms with Crippen LogP contribution >= 0.6 is 0 Å². The molecule has 0 unspecified atom stereocenters. The van der Waals surface area contributed by atoms with Crippen LogP contribution in [0.3, 0.4) is 0 Å². The van der Waals surface area contributed by atoms with Crippen molar-refractivity contribution in [2.75, 3.05) is 63.1 Å². The van der Waals surface area contributed by atoms with Gasteiger partial charge in [-0.3, -0.25) is 0 Å². The number of carbonyl (C=O) groups is 1. The van der Waals surface area contributed by atoms with Gasteiger partial charge in [-0.2, -0.15) is 0 Å². The number of carbonyl (C=O) groups excluding carboxylic acids is 1. The van der Waals surface area contributed by atoms with Crippen LogP contribution in [0.15, 0.2) is 42.5 Å². The smallest absolute Gasteiger partial charge is 0.321 e. The summed E-state index contributed by atoms with van der Waals surface area (Å²) in [7, 11) is 1.78. The van der Waals surface area contributed by atoms with Gasteiger partial charge in [0.15, 0.2) is 0 Å². The van der Waals surface area contributed by atoms with Gasteiger partial charge >= 0.3 is 6.03 Å². The van der Waals surface area contributed by atoms with Gasteiger partial charge in [0.1, 0.15) is 12.4 Å². The molecule has 0 bridgehead atoms. The van der Waals surface area contributed by atoms with Crippen molar-refractivity contribution in [3.05, 3.63) is 53.6 Å². The maximum Gasteiger partial charge on any atom is 0.321 e. The fourth-order valence-electron chi connectivity index (χ4n) is 3.65. The third kappa shape index (κ3) is 5.89. The van der Waals surface area contributed by atoms with Crippen LogP contribution in [0.5, 0.6) is 5.75 Å². The number of hydrogen-bond donors (Lipinski definition) is 1. The van der Waals surface area contributed by atoms with Gasteiger partial charge in [0.2, 0.25) is 0 Å². The molecule has 30 heavy (non-hydrogen) atoms. The predicted molar refractivity (Wildman–Crippen MR) is 124 cm³/mol. The summed E-state index contributed by atoms with van der Waals surface area (Å²) in [6, 6.07) is 13.9. The van der Waals surface area contributed by atoms with Crippen LogP contribution < -0.4 is 15.0 Å². The molecule has 0 radical (unpaired) electrons. The lowest BCUT2D eigenvalue weighted by Gasteiger charge is -2.36. The van der Waals surface area contributed by atoms with Crippen LogP contribution in [-0.2, 0) is 0 Å². The van der Waals surface area contributed by atoms with Crippen molar-refractivity contribution in [1.82, 2.24) is 9.80 Å². The van der Waals surface area contributed by atoms with E-state index in [-0.39, 0.29) is 6.03 Å². The number of ether oxygens (including phenoxy) is 1. The molecule has 6 nitrogen and oxygen atoms in total. The molecule has 1 aliphatic heterocycles. The molecule has 2 amide bonds. The second-order valence-corrected chi connectivity index (χ2v) is 7.94. The number of urea groups is 1. The fraction of sp³-hybridized carbons (Fsp3) is 0.458. The van der Waals surface area contributed by atoms with Gasteiger partial charge in [-0.05, 0) is 56.3 Å². The first-order valence-electron chi connectivity index (χ1n) is 10.8. The van der Waals surface area contributed by atoms with Crippen LogP contribution in [0.2, 0.25) is 0 Å². The second-order valence-electron chi connectivity index (χ2n) is 7.94. The zero-order chi connectivity index (χ0) is 21.5. The normalized spacial score (nSPS) is 14.5. The van der Waals surface area contributed by atoms with E-state index in [2.05, 4.69) is 41.1 Å². The van der Waals surface area contributed by atoms with Crippen LogP contribution in [0.1, 0.15) is 18.1 Å². The zero-order valence-corrected chi connectivity index (χ0v) is 18.6. The van der Waals surface area contributed by atoms with Crippen LogP contribution in [0.4, 0.5) is 16.2 Å². The highest BCUT2D eigenvalue weighted by molar-refractivity contribution is 5.89. The third-order valence-electron chi connectivity index (χ3n) is 5.67. The van der Waals surface area contributed by atoms with Gasteiger partial charge < -0.3 is 24.8 Å². The van der Waals surface area contributed by atoms with Gasteiger partial charge in [0.05, 0.1) is 6.54 Å². The zero-order valence-electron chi connectivity index (χ0n) is 18.6. The molecule has 1 heterocycles. The highest BCUT2D eigenvalue weighted by atomic mass is 16.5. The number of likely N-dealkylation sites (N-methyl/N-ethyl adjacent to an activating group) is 2. The molecule has 2 aromatic rings. The summed E-state index contributed by atoms with van der Waals surface area (Å²) in [6.45, 7) is 12.7. The number of aryl methyl sites for hydroxylation is 2. The summed E-state index contributed by atoms with van der Waals surface area (Å²) < 4.78 is 5.72.